The Morgan fingerprint density at radius 1 is 1.13 bits per heavy atom. The molecule has 0 heterocycles. The molecular formula is C18H16FNO3. The number of methoxy groups -OCH3 is 2. The normalized spacial score (nSPS) is 9.52. The third kappa shape index (κ3) is 4.48. The Labute approximate surface area is 134 Å². The summed E-state index contributed by atoms with van der Waals surface area (Å²) in [5.74, 6) is 5.73. The smallest absolute Gasteiger partial charge is 0.252 e. The summed E-state index contributed by atoms with van der Waals surface area (Å²) in [5, 5.41) is 2.65. The molecule has 0 aliphatic heterocycles. The minimum atomic E-state index is -0.385. The Morgan fingerprint density at radius 3 is 2.39 bits per heavy atom. The number of nitrogens with one attached hydrogen (secondary N) is 1. The summed E-state index contributed by atoms with van der Waals surface area (Å²) >= 11 is 0. The average Bonchev–Trinajstić information content (AvgIpc) is 2.59. The fourth-order valence-electron chi connectivity index (χ4n) is 1.87. The Bertz CT molecular complexity index is 740. The molecule has 0 aromatic heterocycles. The topological polar surface area (TPSA) is 47.6 Å². The number of hydrogen-bond acceptors (Lipinski definition) is 3. The number of carbonyl (C=O) groups is 1. The lowest BCUT2D eigenvalue weighted by Crippen LogP contribution is -2.23. The number of ether oxygens (including phenoxy) is 2. The van der Waals surface area contributed by atoms with Gasteiger partial charge >= 0.3 is 0 Å². The van der Waals surface area contributed by atoms with E-state index in [0.29, 0.717) is 22.6 Å². The fourth-order valence-corrected chi connectivity index (χ4v) is 1.87. The van der Waals surface area contributed by atoms with E-state index in [1.807, 2.05) is 0 Å². The van der Waals surface area contributed by atoms with Crippen LogP contribution in [0.5, 0.6) is 11.5 Å². The van der Waals surface area contributed by atoms with Crippen LogP contribution in [0.1, 0.15) is 15.9 Å². The zero-order valence-corrected chi connectivity index (χ0v) is 12.9. The molecule has 4 nitrogen and oxygen atoms in total. The van der Waals surface area contributed by atoms with Gasteiger partial charge in [-0.05, 0) is 24.3 Å². The van der Waals surface area contributed by atoms with E-state index in [4.69, 9.17) is 9.47 Å². The molecular weight excluding hydrogens is 297 g/mol. The minimum absolute atomic E-state index is 0.104. The largest absolute Gasteiger partial charge is 0.497 e. The van der Waals surface area contributed by atoms with Crippen molar-refractivity contribution < 1.29 is 18.7 Å². The molecule has 0 bridgehead atoms. The summed E-state index contributed by atoms with van der Waals surface area (Å²) in [7, 11) is 3.02. The van der Waals surface area contributed by atoms with Crippen LogP contribution in [0.15, 0.2) is 42.5 Å². The predicted octanol–water partition coefficient (Wildman–Crippen LogP) is 2.62. The van der Waals surface area contributed by atoms with E-state index >= 15 is 0 Å². The molecule has 0 saturated heterocycles. The van der Waals surface area contributed by atoms with Crippen molar-refractivity contribution in [2.45, 2.75) is 0 Å². The van der Waals surface area contributed by atoms with E-state index in [9.17, 15) is 9.18 Å². The molecule has 1 amide bonds. The molecule has 0 aliphatic carbocycles. The second kappa shape index (κ2) is 7.85. The second-order valence-corrected chi connectivity index (χ2v) is 4.57. The summed E-state index contributed by atoms with van der Waals surface area (Å²) in [5.41, 5.74) is 0.693. The molecule has 2 aromatic rings. The SMILES string of the molecule is COc1cc(OC)cc(C(=O)NCC#Cc2ccccc2F)c1. The van der Waals surface area contributed by atoms with Crippen LogP contribution < -0.4 is 14.8 Å². The molecule has 0 radical (unpaired) electrons. The van der Waals surface area contributed by atoms with Crippen molar-refractivity contribution in [3.05, 3.63) is 59.4 Å². The maximum absolute atomic E-state index is 13.4. The molecule has 0 aliphatic rings. The molecule has 2 aromatic carbocycles. The highest BCUT2D eigenvalue weighted by atomic mass is 19.1. The molecule has 118 valence electrons. The molecule has 23 heavy (non-hydrogen) atoms. The molecule has 1 N–H and O–H groups in total. The van der Waals surface area contributed by atoms with Gasteiger partial charge in [0.25, 0.3) is 5.91 Å². The maximum Gasteiger partial charge on any atom is 0.252 e. The zero-order chi connectivity index (χ0) is 16.7. The summed E-state index contributed by atoms with van der Waals surface area (Å²) < 4.78 is 23.6. The van der Waals surface area contributed by atoms with Crippen molar-refractivity contribution in [3.8, 4) is 23.3 Å². The van der Waals surface area contributed by atoms with Gasteiger partial charge in [-0.15, -0.1) is 0 Å². The Morgan fingerprint density at radius 2 is 1.78 bits per heavy atom. The van der Waals surface area contributed by atoms with Crippen LogP contribution in [0.2, 0.25) is 0 Å². The van der Waals surface area contributed by atoms with Gasteiger partial charge in [0.05, 0.1) is 26.3 Å². The van der Waals surface area contributed by atoms with E-state index < -0.39 is 0 Å². The van der Waals surface area contributed by atoms with Gasteiger partial charge in [-0.1, -0.05) is 24.0 Å². The standard InChI is InChI=1S/C18H16FNO3/c1-22-15-10-14(11-16(12-15)23-2)18(21)20-9-5-7-13-6-3-4-8-17(13)19/h3-4,6,8,10-12H,9H2,1-2H3,(H,20,21). The summed E-state index contributed by atoms with van der Waals surface area (Å²) in [4.78, 5) is 12.1. The van der Waals surface area contributed by atoms with Gasteiger partial charge < -0.3 is 14.8 Å². The van der Waals surface area contributed by atoms with Crippen molar-refractivity contribution in [2.24, 2.45) is 0 Å². The van der Waals surface area contributed by atoms with Crippen molar-refractivity contribution in [3.63, 3.8) is 0 Å². The van der Waals surface area contributed by atoms with Gasteiger partial charge in [-0.3, -0.25) is 4.79 Å². The summed E-state index contributed by atoms with van der Waals surface area (Å²) in [6.45, 7) is 0.104. The summed E-state index contributed by atoms with van der Waals surface area (Å²) in [6.07, 6.45) is 0. The van der Waals surface area contributed by atoms with Crippen LogP contribution in [0, 0.1) is 17.7 Å². The number of hydrogen-bond donors (Lipinski definition) is 1. The van der Waals surface area contributed by atoms with E-state index in [0.717, 1.165) is 0 Å². The van der Waals surface area contributed by atoms with Gasteiger partial charge in [0.2, 0.25) is 0 Å². The first kappa shape index (κ1) is 16.4. The number of rotatable bonds is 4. The minimum Gasteiger partial charge on any atom is -0.497 e. The fraction of sp³-hybridized carbons (Fsp3) is 0.167. The number of benzene rings is 2. The number of halogens is 1. The van der Waals surface area contributed by atoms with Crippen LogP contribution in [0.4, 0.5) is 4.39 Å². The lowest BCUT2D eigenvalue weighted by Gasteiger charge is -2.07. The molecule has 0 saturated carbocycles. The highest BCUT2D eigenvalue weighted by Gasteiger charge is 2.08. The van der Waals surface area contributed by atoms with Crippen LogP contribution in [-0.4, -0.2) is 26.7 Å². The van der Waals surface area contributed by atoms with Crippen molar-refractivity contribution in [2.75, 3.05) is 20.8 Å². The Kier molecular flexibility index (Phi) is 5.59. The predicted molar refractivity (Wildman–Crippen MR) is 85.2 cm³/mol. The van der Waals surface area contributed by atoms with Gasteiger partial charge in [0.15, 0.2) is 0 Å². The highest BCUT2D eigenvalue weighted by molar-refractivity contribution is 5.95. The first-order valence-corrected chi connectivity index (χ1v) is 6.88. The number of carbonyl (C=O) groups excluding carboxylic acids is 1. The van der Waals surface area contributed by atoms with Crippen LogP contribution >= 0.6 is 0 Å². The lowest BCUT2D eigenvalue weighted by molar-refractivity contribution is 0.0958. The van der Waals surface area contributed by atoms with Gasteiger partial charge in [0.1, 0.15) is 17.3 Å². The van der Waals surface area contributed by atoms with E-state index in [-0.39, 0.29) is 18.3 Å². The third-order valence-electron chi connectivity index (χ3n) is 3.05. The molecule has 5 heteroatoms. The van der Waals surface area contributed by atoms with Gasteiger partial charge in [0, 0.05) is 11.6 Å². The zero-order valence-electron chi connectivity index (χ0n) is 12.9. The molecule has 2 rings (SSSR count). The molecule has 0 fully saturated rings. The van der Waals surface area contributed by atoms with Crippen molar-refractivity contribution in [1.82, 2.24) is 5.32 Å². The van der Waals surface area contributed by atoms with Crippen molar-refractivity contribution in [1.29, 1.82) is 0 Å². The second-order valence-electron chi connectivity index (χ2n) is 4.57. The molecule has 0 atom stereocenters. The number of amides is 1. The van der Waals surface area contributed by atoms with E-state index in [1.165, 1.54) is 20.3 Å². The van der Waals surface area contributed by atoms with Crippen LogP contribution in [0.3, 0.4) is 0 Å². The Balaban J connectivity index is 2.02. The first-order valence-electron chi connectivity index (χ1n) is 6.88. The Hall–Kier alpha value is -3.00. The van der Waals surface area contributed by atoms with Crippen molar-refractivity contribution >= 4 is 5.91 Å². The average molecular weight is 313 g/mol. The highest BCUT2D eigenvalue weighted by Crippen LogP contribution is 2.22. The molecule has 0 spiro atoms. The van der Waals surface area contributed by atoms with E-state index in [2.05, 4.69) is 17.2 Å². The van der Waals surface area contributed by atoms with E-state index in [1.54, 1.807) is 36.4 Å². The van der Waals surface area contributed by atoms with Gasteiger partial charge in [-0.2, -0.15) is 0 Å². The van der Waals surface area contributed by atoms with Gasteiger partial charge in [-0.25, -0.2) is 4.39 Å². The van der Waals surface area contributed by atoms with Crippen LogP contribution in [0.25, 0.3) is 0 Å². The third-order valence-corrected chi connectivity index (χ3v) is 3.05. The maximum atomic E-state index is 13.4. The molecule has 0 unspecified atom stereocenters. The first-order chi connectivity index (χ1) is 11.1. The van der Waals surface area contributed by atoms with Crippen LogP contribution in [-0.2, 0) is 0 Å². The lowest BCUT2D eigenvalue weighted by atomic mass is 10.2. The summed E-state index contributed by atoms with van der Waals surface area (Å²) in [6, 6.07) is 11.1. The quantitative estimate of drug-likeness (QED) is 0.883. The monoisotopic (exact) mass is 313 g/mol.